The number of amides is 1. The summed E-state index contributed by atoms with van der Waals surface area (Å²) >= 11 is 1.74. The summed E-state index contributed by atoms with van der Waals surface area (Å²) in [5.41, 5.74) is 0.664. The van der Waals surface area contributed by atoms with Crippen LogP contribution in [-0.4, -0.2) is 46.9 Å². The Morgan fingerprint density at radius 3 is 2.46 bits per heavy atom. The molecule has 0 spiro atoms. The van der Waals surface area contributed by atoms with Crippen LogP contribution in [0.1, 0.15) is 83.3 Å². The lowest BCUT2D eigenvalue weighted by atomic mass is 10.1. The second-order valence-corrected chi connectivity index (χ2v) is 8.39. The number of carbonyl (C=O) groups is 1. The molecule has 3 rings (SSSR count). The fourth-order valence-corrected chi connectivity index (χ4v) is 3.80. The predicted molar refractivity (Wildman–Crippen MR) is 121 cm³/mol. The third-order valence-electron chi connectivity index (χ3n) is 4.07. The molecule has 1 aliphatic heterocycles. The molecule has 0 atom stereocenters. The number of aliphatic imine (C=N–C) groups is 1. The highest BCUT2D eigenvalue weighted by atomic mass is 32.1. The van der Waals surface area contributed by atoms with Gasteiger partial charge in [0.05, 0.1) is 18.0 Å². The van der Waals surface area contributed by atoms with Crippen molar-refractivity contribution in [2.75, 3.05) is 13.1 Å². The molecule has 1 aliphatic carbocycles. The summed E-state index contributed by atoms with van der Waals surface area (Å²) < 4.78 is 5.42. The van der Waals surface area contributed by atoms with E-state index in [4.69, 9.17) is 4.74 Å². The first kappa shape index (κ1) is 24.3. The van der Waals surface area contributed by atoms with Gasteiger partial charge in [-0.25, -0.2) is 9.78 Å². The van der Waals surface area contributed by atoms with E-state index in [1.54, 1.807) is 16.2 Å². The molecule has 0 N–H and O–H groups in total. The molecule has 0 radical (unpaired) electrons. The first-order valence-electron chi connectivity index (χ1n) is 10.6. The van der Waals surface area contributed by atoms with Crippen LogP contribution in [0.3, 0.4) is 0 Å². The fraction of sp³-hybridized carbons (Fsp3) is 0.682. The monoisotopic (exact) mass is 407 g/mol. The normalized spacial score (nSPS) is 16.6. The smallest absolute Gasteiger partial charge is 0.410 e. The van der Waals surface area contributed by atoms with E-state index in [2.05, 4.69) is 22.1 Å². The maximum Gasteiger partial charge on any atom is 0.410 e. The Morgan fingerprint density at radius 2 is 1.89 bits per heavy atom. The molecule has 1 saturated heterocycles. The Labute approximate surface area is 174 Å². The second kappa shape index (κ2) is 12.0. The van der Waals surface area contributed by atoms with Crippen LogP contribution in [0.5, 0.6) is 0 Å². The number of hydrogen-bond donors (Lipinski definition) is 0. The molecule has 1 aromatic rings. The van der Waals surface area contributed by atoms with E-state index in [1.165, 1.54) is 4.88 Å². The first-order chi connectivity index (χ1) is 13.4. The van der Waals surface area contributed by atoms with Gasteiger partial charge in [-0.05, 0) is 52.5 Å². The molecular weight excluding hydrogens is 370 g/mol. The molecule has 2 heterocycles. The third-order valence-corrected chi connectivity index (χ3v) is 5.14. The quantitative estimate of drug-likeness (QED) is 0.567. The van der Waals surface area contributed by atoms with Crippen molar-refractivity contribution >= 4 is 29.7 Å². The molecule has 0 bridgehead atoms. The minimum atomic E-state index is -0.440. The Morgan fingerprint density at radius 1 is 1.25 bits per heavy atom. The van der Waals surface area contributed by atoms with Crippen molar-refractivity contribution in [2.24, 2.45) is 4.99 Å². The van der Waals surface area contributed by atoms with Crippen molar-refractivity contribution in [3.8, 4) is 0 Å². The zero-order valence-corrected chi connectivity index (χ0v) is 19.4. The molecule has 1 amide bonds. The molecule has 1 fully saturated rings. The summed E-state index contributed by atoms with van der Waals surface area (Å²) in [6.45, 7) is 15.1. The summed E-state index contributed by atoms with van der Waals surface area (Å²) in [4.78, 5) is 24.5. The average Bonchev–Trinajstić information content (AvgIpc) is 3.11. The third kappa shape index (κ3) is 7.74. The maximum absolute atomic E-state index is 12.1. The highest BCUT2D eigenvalue weighted by molar-refractivity contribution is 7.13. The lowest BCUT2D eigenvalue weighted by molar-refractivity contribution is 0.0207. The standard InChI is InChI=1S/C18H25N3O2S.2C2H6/c1-18(2,3)23-17(22)21-10-8-13(9-11-21)19-12-16-20-14-6-4-5-7-15(14)24-16;2*1-2/h4,6,12-13H,5,7-11H2,1-3H3;2*1-2H3. The second-order valence-electron chi connectivity index (χ2n) is 7.28. The average molecular weight is 408 g/mol. The molecule has 0 unspecified atom stereocenters. The van der Waals surface area contributed by atoms with E-state index in [1.807, 2.05) is 54.7 Å². The van der Waals surface area contributed by atoms with Gasteiger partial charge in [0.25, 0.3) is 0 Å². The van der Waals surface area contributed by atoms with Crippen LogP contribution in [0, 0.1) is 0 Å². The summed E-state index contributed by atoms with van der Waals surface area (Å²) in [6.07, 6.45) is 9.91. The Bertz CT molecular complexity index is 651. The zero-order chi connectivity index (χ0) is 21.2. The van der Waals surface area contributed by atoms with Crippen molar-refractivity contribution in [1.82, 2.24) is 9.88 Å². The van der Waals surface area contributed by atoms with E-state index >= 15 is 0 Å². The van der Waals surface area contributed by atoms with Crippen molar-refractivity contribution < 1.29 is 9.53 Å². The van der Waals surface area contributed by atoms with E-state index in [-0.39, 0.29) is 12.1 Å². The molecule has 1 aromatic heterocycles. The van der Waals surface area contributed by atoms with Gasteiger partial charge in [0.2, 0.25) is 0 Å². The number of piperidine rings is 1. The number of ether oxygens (including phenoxy) is 1. The van der Waals surface area contributed by atoms with Gasteiger partial charge < -0.3 is 9.64 Å². The van der Waals surface area contributed by atoms with Crippen LogP contribution in [0.4, 0.5) is 4.79 Å². The van der Waals surface area contributed by atoms with Gasteiger partial charge in [-0.2, -0.15) is 0 Å². The summed E-state index contributed by atoms with van der Waals surface area (Å²) in [5, 5.41) is 0.987. The number of nitrogens with zero attached hydrogens (tertiary/aromatic N) is 3. The first-order valence-corrected chi connectivity index (χ1v) is 11.4. The fourth-order valence-electron chi connectivity index (χ4n) is 2.85. The van der Waals surface area contributed by atoms with E-state index in [0.717, 1.165) is 36.4 Å². The van der Waals surface area contributed by atoms with Crippen molar-refractivity contribution in [3.05, 3.63) is 21.7 Å². The van der Waals surface area contributed by atoms with Crippen LogP contribution in [-0.2, 0) is 11.2 Å². The molecule has 5 nitrogen and oxygen atoms in total. The minimum Gasteiger partial charge on any atom is -0.444 e. The maximum atomic E-state index is 12.1. The number of carbonyl (C=O) groups excluding carboxylic acids is 1. The van der Waals surface area contributed by atoms with Gasteiger partial charge >= 0.3 is 6.09 Å². The summed E-state index contributed by atoms with van der Waals surface area (Å²) in [6, 6.07) is 0.264. The molecule has 158 valence electrons. The van der Waals surface area contributed by atoms with Crippen molar-refractivity contribution in [3.63, 3.8) is 0 Å². The van der Waals surface area contributed by atoms with Gasteiger partial charge in [-0.3, -0.25) is 4.99 Å². The van der Waals surface area contributed by atoms with Gasteiger partial charge in [0.1, 0.15) is 10.6 Å². The zero-order valence-electron chi connectivity index (χ0n) is 18.6. The lowest BCUT2D eigenvalue weighted by Gasteiger charge is -2.32. The highest BCUT2D eigenvalue weighted by Gasteiger charge is 2.26. The number of hydrogen-bond acceptors (Lipinski definition) is 5. The van der Waals surface area contributed by atoms with E-state index < -0.39 is 5.60 Å². The molecule has 0 aromatic carbocycles. The lowest BCUT2D eigenvalue weighted by Crippen LogP contribution is -2.42. The predicted octanol–water partition coefficient (Wildman–Crippen LogP) is 5.97. The van der Waals surface area contributed by atoms with Crippen molar-refractivity contribution in [2.45, 2.75) is 85.8 Å². The molecule has 0 saturated carbocycles. The van der Waals surface area contributed by atoms with E-state index in [9.17, 15) is 4.79 Å². The van der Waals surface area contributed by atoms with Crippen molar-refractivity contribution in [1.29, 1.82) is 0 Å². The van der Waals surface area contributed by atoms with Crippen LogP contribution in [0.15, 0.2) is 11.1 Å². The van der Waals surface area contributed by atoms with Gasteiger partial charge in [-0.15, -0.1) is 11.3 Å². The molecular formula is C22H37N3O2S. The van der Waals surface area contributed by atoms with Crippen LogP contribution < -0.4 is 0 Å². The number of allylic oxidation sites excluding steroid dienone is 1. The number of fused-ring (bicyclic) bond motifs is 1. The van der Waals surface area contributed by atoms with Crippen LogP contribution >= 0.6 is 11.3 Å². The molecule has 6 heteroatoms. The van der Waals surface area contributed by atoms with Crippen LogP contribution in [0.25, 0.3) is 6.08 Å². The Balaban J connectivity index is 0.000000921. The molecule has 28 heavy (non-hydrogen) atoms. The molecule has 2 aliphatic rings. The SMILES string of the molecule is CC.CC.CC(C)(C)OC(=O)N1CCC(N=Cc2nc3c(s2)CCC=C3)CC1. The largest absolute Gasteiger partial charge is 0.444 e. The topological polar surface area (TPSA) is 54.8 Å². The number of aromatic nitrogens is 1. The summed E-state index contributed by atoms with van der Waals surface area (Å²) in [5.74, 6) is 0. The van der Waals surface area contributed by atoms with E-state index in [0.29, 0.717) is 13.1 Å². The highest BCUT2D eigenvalue weighted by Crippen LogP contribution is 2.25. The Kier molecular flexibility index (Phi) is 10.4. The number of aryl methyl sites for hydroxylation is 1. The number of likely N-dealkylation sites (tertiary alicyclic amines) is 1. The van der Waals surface area contributed by atoms with Gasteiger partial charge in [0.15, 0.2) is 0 Å². The number of rotatable bonds is 2. The minimum absolute atomic E-state index is 0.218. The van der Waals surface area contributed by atoms with Gasteiger partial charge in [0, 0.05) is 18.0 Å². The number of thiazole rings is 1. The summed E-state index contributed by atoms with van der Waals surface area (Å²) in [7, 11) is 0. The van der Waals surface area contributed by atoms with Crippen LogP contribution in [0.2, 0.25) is 0 Å². The Hall–Kier alpha value is -1.69. The van der Waals surface area contributed by atoms with Gasteiger partial charge in [-0.1, -0.05) is 33.8 Å².